The number of carbonyl (C=O) groups is 1. The molecule has 34 heavy (non-hydrogen) atoms. The molecule has 1 N–H and O–H groups in total. The third-order valence-corrected chi connectivity index (χ3v) is 6.97. The second kappa shape index (κ2) is 9.43. The Bertz CT molecular complexity index is 1340. The van der Waals surface area contributed by atoms with E-state index in [0.29, 0.717) is 0 Å². The molecule has 1 fully saturated rings. The number of hydrogen-bond donors (Lipinski definition) is 1. The van der Waals surface area contributed by atoms with Crippen LogP contribution in [-0.2, 0) is 7.05 Å². The third-order valence-electron chi connectivity index (χ3n) is 6.97. The molecule has 0 aliphatic carbocycles. The second-order valence-corrected chi connectivity index (χ2v) is 9.26. The van der Waals surface area contributed by atoms with Gasteiger partial charge in [-0.25, -0.2) is 9.78 Å². The quantitative estimate of drug-likeness (QED) is 0.430. The maximum atomic E-state index is 11.6. The number of piperidine rings is 1. The van der Waals surface area contributed by atoms with Gasteiger partial charge in [-0.15, -0.1) is 0 Å². The number of fused-ring (bicyclic) bond motifs is 2. The Labute approximate surface area is 199 Å². The Morgan fingerprint density at radius 2 is 1.94 bits per heavy atom. The number of pyridine rings is 2. The van der Waals surface area contributed by atoms with E-state index in [0.717, 1.165) is 58.3 Å². The lowest BCUT2D eigenvalue weighted by atomic mass is 10.1. The van der Waals surface area contributed by atoms with Crippen LogP contribution < -0.4 is 4.90 Å². The van der Waals surface area contributed by atoms with Crippen LogP contribution in [0.1, 0.15) is 36.2 Å². The van der Waals surface area contributed by atoms with Gasteiger partial charge in [0.2, 0.25) is 0 Å². The number of nitrogens with zero attached hydrogens (tertiary/aromatic N) is 5. The van der Waals surface area contributed by atoms with E-state index >= 15 is 0 Å². The zero-order valence-corrected chi connectivity index (χ0v) is 19.9. The van der Waals surface area contributed by atoms with Gasteiger partial charge in [-0.05, 0) is 69.2 Å². The number of benzene rings is 1. The van der Waals surface area contributed by atoms with E-state index in [1.54, 1.807) is 23.9 Å². The average molecular weight is 458 g/mol. The van der Waals surface area contributed by atoms with Crippen LogP contribution in [0.3, 0.4) is 0 Å². The predicted octanol–water partition coefficient (Wildman–Crippen LogP) is 4.80. The van der Waals surface area contributed by atoms with Crippen LogP contribution in [0.25, 0.3) is 33.1 Å². The molecule has 0 amide bonds. The molecule has 0 spiro atoms. The van der Waals surface area contributed by atoms with E-state index in [2.05, 4.69) is 27.9 Å². The minimum absolute atomic E-state index is 0.277. The van der Waals surface area contributed by atoms with Gasteiger partial charge >= 0.3 is 5.97 Å². The lowest BCUT2D eigenvalue weighted by molar-refractivity contribution is 0.0687. The van der Waals surface area contributed by atoms with Gasteiger partial charge in [0.1, 0.15) is 5.69 Å². The Kier molecular flexibility index (Phi) is 6.20. The van der Waals surface area contributed by atoms with Crippen molar-refractivity contribution in [3.05, 3.63) is 54.5 Å². The molecule has 5 rings (SSSR count). The minimum Gasteiger partial charge on any atom is -0.477 e. The molecular formula is C27H31N5O2. The molecule has 4 heterocycles. The molecule has 7 nitrogen and oxygen atoms in total. The topological polar surface area (TPSA) is 74.5 Å². The standard InChI is InChI=1S/C27H31N5O2/c1-30(11-6-14-32-12-4-3-5-13-32)25-17-23(29-22-9-10-28-18-21(22)25)19-7-8-24-20(15-19)16-26(27(33)34)31(24)2/h7-10,15-18H,3-6,11-14H2,1-2H3,(H,33,34). The van der Waals surface area contributed by atoms with Crippen molar-refractivity contribution in [1.29, 1.82) is 0 Å². The highest BCUT2D eigenvalue weighted by molar-refractivity contribution is 5.97. The highest BCUT2D eigenvalue weighted by atomic mass is 16.4. The smallest absolute Gasteiger partial charge is 0.352 e. The SMILES string of the molecule is CN(CCCN1CCCCC1)c1cc(-c2ccc3c(c2)cc(C(=O)O)n3C)nc2ccncc12. The zero-order valence-electron chi connectivity index (χ0n) is 19.9. The molecule has 0 unspecified atom stereocenters. The number of hydrogen-bond acceptors (Lipinski definition) is 5. The van der Waals surface area contributed by atoms with Gasteiger partial charge in [-0.2, -0.15) is 0 Å². The maximum Gasteiger partial charge on any atom is 0.352 e. The fourth-order valence-corrected chi connectivity index (χ4v) is 5.06. The fourth-order valence-electron chi connectivity index (χ4n) is 5.06. The van der Waals surface area contributed by atoms with E-state index in [4.69, 9.17) is 4.98 Å². The molecule has 4 aromatic rings. The number of carboxylic acid groups (broad SMARTS) is 1. The van der Waals surface area contributed by atoms with Crippen LogP contribution in [0, 0.1) is 0 Å². The zero-order chi connectivity index (χ0) is 23.7. The molecule has 0 saturated carbocycles. The number of rotatable bonds is 7. The summed E-state index contributed by atoms with van der Waals surface area (Å²) in [7, 11) is 3.92. The molecule has 0 atom stereocenters. The van der Waals surface area contributed by atoms with Crippen molar-refractivity contribution in [3.8, 4) is 11.3 Å². The number of aryl methyl sites for hydroxylation is 1. The number of carboxylic acids is 1. The third kappa shape index (κ3) is 4.35. The summed E-state index contributed by atoms with van der Waals surface area (Å²) < 4.78 is 1.71. The molecule has 176 valence electrons. The molecule has 1 aromatic carbocycles. The molecule has 7 heteroatoms. The van der Waals surface area contributed by atoms with Crippen molar-refractivity contribution < 1.29 is 9.90 Å². The molecule has 1 aliphatic heterocycles. The maximum absolute atomic E-state index is 11.6. The summed E-state index contributed by atoms with van der Waals surface area (Å²) >= 11 is 0. The van der Waals surface area contributed by atoms with E-state index in [1.807, 2.05) is 30.5 Å². The first kappa shape index (κ1) is 22.3. The Morgan fingerprint density at radius 3 is 2.74 bits per heavy atom. The molecule has 0 bridgehead atoms. The monoisotopic (exact) mass is 457 g/mol. The molecule has 0 radical (unpaired) electrons. The molecule has 3 aromatic heterocycles. The largest absolute Gasteiger partial charge is 0.477 e. The van der Waals surface area contributed by atoms with Gasteiger partial charge in [0.25, 0.3) is 0 Å². The first-order chi connectivity index (χ1) is 16.5. The number of likely N-dealkylation sites (tertiary alicyclic amines) is 1. The summed E-state index contributed by atoms with van der Waals surface area (Å²) in [4.78, 5) is 25.7. The summed E-state index contributed by atoms with van der Waals surface area (Å²) in [6.07, 6.45) is 8.78. The van der Waals surface area contributed by atoms with Crippen LogP contribution in [0.2, 0.25) is 0 Å². The predicted molar refractivity (Wildman–Crippen MR) is 137 cm³/mol. The summed E-state index contributed by atoms with van der Waals surface area (Å²) in [5.74, 6) is -0.926. The number of aromatic carboxylic acids is 1. The van der Waals surface area contributed by atoms with Crippen LogP contribution in [0.4, 0.5) is 5.69 Å². The lowest BCUT2D eigenvalue weighted by Crippen LogP contribution is -2.32. The average Bonchev–Trinajstić information content (AvgIpc) is 3.20. The van der Waals surface area contributed by atoms with Gasteiger partial charge in [-0.1, -0.05) is 12.5 Å². The van der Waals surface area contributed by atoms with Gasteiger partial charge in [0, 0.05) is 60.6 Å². The highest BCUT2D eigenvalue weighted by Gasteiger charge is 2.16. The van der Waals surface area contributed by atoms with E-state index in [-0.39, 0.29) is 5.69 Å². The first-order valence-corrected chi connectivity index (χ1v) is 12.0. The van der Waals surface area contributed by atoms with Gasteiger partial charge < -0.3 is 19.5 Å². The van der Waals surface area contributed by atoms with Gasteiger partial charge in [0.05, 0.1) is 11.2 Å². The van der Waals surface area contributed by atoms with Crippen LogP contribution in [-0.4, -0.2) is 63.7 Å². The summed E-state index contributed by atoms with van der Waals surface area (Å²) in [5.41, 5.74) is 5.03. The Balaban J connectivity index is 1.46. The van der Waals surface area contributed by atoms with E-state index < -0.39 is 5.97 Å². The number of aromatic nitrogens is 3. The first-order valence-electron chi connectivity index (χ1n) is 12.0. The van der Waals surface area contributed by atoms with Crippen molar-refractivity contribution in [1.82, 2.24) is 19.4 Å². The van der Waals surface area contributed by atoms with Gasteiger partial charge in [-0.3, -0.25) is 4.98 Å². The van der Waals surface area contributed by atoms with Crippen molar-refractivity contribution >= 4 is 33.5 Å². The van der Waals surface area contributed by atoms with Gasteiger partial charge in [0.15, 0.2) is 0 Å². The Morgan fingerprint density at radius 1 is 1.12 bits per heavy atom. The molecule has 1 saturated heterocycles. The van der Waals surface area contributed by atoms with E-state index in [1.165, 1.54) is 32.4 Å². The summed E-state index contributed by atoms with van der Waals surface area (Å²) in [5, 5.41) is 11.4. The summed E-state index contributed by atoms with van der Waals surface area (Å²) in [6, 6.07) is 11.8. The molecular weight excluding hydrogens is 426 g/mol. The fraction of sp³-hybridized carbons (Fsp3) is 0.370. The van der Waals surface area contributed by atoms with E-state index in [9.17, 15) is 9.90 Å². The van der Waals surface area contributed by atoms with Crippen LogP contribution >= 0.6 is 0 Å². The second-order valence-electron chi connectivity index (χ2n) is 9.26. The lowest BCUT2D eigenvalue weighted by Gasteiger charge is -2.28. The molecule has 1 aliphatic rings. The van der Waals surface area contributed by atoms with Crippen LogP contribution in [0.5, 0.6) is 0 Å². The van der Waals surface area contributed by atoms with Crippen molar-refractivity contribution in [2.24, 2.45) is 7.05 Å². The number of anilines is 1. The minimum atomic E-state index is -0.926. The van der Waals surface area contributed by atoms with Crippen LogP contribution in [0.15, 0.2) is 48.8 Å². The van der Waals surface area contributed by atoms with Crippen molar-refractivity contribution in [2.45, 2.75) is 25.7 Å². The highest BCUT2D eigenvalue weighted by Crippen LogP contribution is 2.32. The Hall–Kier alpha value is -3.45. The van der Waals surface area contributed by atoms with Crippen molar-refractivity contribution in [2.75, 3.05) is 38.1 Å². The summed E-state index contributed by atoms with van der Waals surface area (Å²) in [6.45, 7) is 4.54. The normalized spacial score (nSPS) is 14.6. The van der Waals surface area contributed by atoms with Crippen molar-refractivity contribution in [3.63, 3.8) is 0 Å².